The fourth-order valence-electron chi connectivity index (χ4n) is 1.96. The highest BCUT2D eigenvalue weighted by atomic mass is 16.4. The molecule has 2 unspecified atom stereocenters. The maximum Gasteiger partial charge on any atom is 0.324 e. The van der Waals surface area contributed by atoms with Crippen molar-refractivity contribution < 1.29 is 19.5 Å². The van der Waals surface area contributed by atoms with Gasteiger partial charge in [-0.2, -0.15) is 0 Å². The highest BCUT2D eigenvalue weighted by Crippen LogP contribution is 2.21. The first kappa shape index (κ1) is 14.5. The van der Waals surface area contributed by atoms with Gasteiger partial charge >= 0.3 is 12.0 Å². The molecule has 3 amide bonds. The van der Waals surface area contributed by atoms with Gasteiger partial charge in [-0.15, -0.1) is 0 Å². The van der Waals surface area contributed by atoms with Crippen molar-refractivity contribution in [3.05, 3.63) is 0 Å². The minimum atomic E-state index is -0.934. The van der Waals surface area contributed by atoms with Crippen LogP contribution in [0.2, 0.25) is 0 Å². The lowest BCUT2D eigenvalue weighted by atomic mass is 10.0. The summed E-state index contributed by atoms with van der Waals surface area (Å²) in [5, 5.41) is 10.7. The van der Waals surface area contributed by atoms with Crippen molar-refractivity contribution in [2.45, 2.75) is 33.1 Å². The zero-order valence-corrected chi connectivity index (χ0v) is 10.8. The Labute approximate surface area is 106 Å². The highest BCUT2D eigenvalue weighted by Gasteiger charge is 2.29. The third-order valence-corrected chi connectivity index (χ3v) is 3.32. The number of aliphatic carboxylic acids is 1. The Bertz CT molecular complexity index is 333. The SMILES string of the molecule is CC1CN(C(=O)NC(=O)CCCC(=O)O)CC1C. The molecule has 1 aliphatic rings. The number of nitrogens with one attached hydrogen (secondary N) is 1. The number of carbonyl (C=O) groups is 3. The summed E-state index contributed by atoms with van der Waals surface area (Å²) in [5.41, 5.74) is 0. The molecule has 1 rings (SSSR count). The van der Waals surface area contributed by atoms with Crippen molar-refractivity contribution in [1.29, 1.82) is 0 Å². The third kappa shape index (κ3) is 4.35. The molecule has 18 heavy (non-hydrogen) atoms. The average molecular weight is 256 g/mol. The standard InChI is InChI=1S/C12H20N2O4/c1-8-6-14(7-9(8)2)12(18)13-10(15)4-3-5-11(16)17/h8-9H,3-7H2,1-2H3,(H,16,17)(H,13,15,18). The molecule has 1 aliphatic heterocycles. The Hall–Kier alpha value is -1.59. The van der Waals surface area contributed by atoms with E-state index in [0.717, 1.165) is 0 Å². The lowest BCUT2D eigenvalue weighted by molar-refractivity contribution is -0.137. The molecule has 0 aromatic rings. The van der Waals surface area contributed by atoms with E-state index in [4.69, 9.17) is 5.11 Å². The molecule has 102 valence electrons. The number of carboxylic acids is 1. The molecule has 0 aliphatic carbocycles. The predicted molar refractivity (Wildman–Crippen MR) is 64.9 cm³/mol. The molecule has 6 heteroatoms. The minimum absolute atomic E-state index is 0.0562. The van der Waals surface area contributed by atoms with E-state index in [2.05, 4.69) is 19.2 Å². The Morgan fingerprint density at radius 1 is 1.17 bits per heavy atom. The number of likely N-dealkylation sites (tertiary alicyclic amines) is 1. The van der Waals surface area contributed by atoms with E-state index in [1.807, 2.05) is 0 Å². The quantitative estimate of drug-likeness (QED) is 0.787. The summed E-state index contributed by atoms with van der Waals surface area (Å²) in [6, 6.07) is -0.369. The monoisotopic (exact) mass is 256 g/mol. The number of imide groups is 1. The van der Waals surface area contributed by atoms with Gasteiger partial charge in [0.2, 0.25) is 5.91 Å². The Morgan fingerprint density at radius 2 is 1.72 bits per heavy atom. The second kappa shape index (κ2) is 6.37. The molecule has 6 nitrogen and oxygen atoms in total. The number of carbonyl (C=O) groups excluding carboxylic acids is 2. The van der Waals surface area contributed by atoms with Crippen LogP contribution in [0.15, 0.2) is 0 Å². The molecule has 0 radical (unpaired) electrons. The molecular formula is C12H20N2O4. The van der Waals surface area contributed by atoms with Gasteiger partial charge in [-0.1, -0.05) is 13.8 Å². The smallest absolute Gasteiger partial charge is 0.324 e. The van der Waals surface area contributed by atoms with E-state index >= 15 is 0 Å². The summed E-state index contributed by atoms with van der Waals surface area (Å²) >= 11 is 0. The van der Waals surface area contributed by atoms with E-state index in [1.54, 1.807) is 4.90 Å². The molecule has 2 atom stereocenters. The number of hydrogen-bond acceptors (Lipinski definition) is 3. The van der Waals surface area contributed by atoms with Crippen LogP contribution in [0.25, 0.3) is 0 Å². The molecule has 2 N–H and O–H groups in total. The van der Waals surface area contributed by atoms with Gasteiger partial charge in [-0.05, 0) is 18.3 Å². The third-order valence-electron chi connectivity index (χ3n) is 3.32. The van der Waals surface area contributed by atoms with Crippen LogP contribution in [0.4, 0.5) is 4.79 Å². The number of amides is 3. The van der Waals surface area contributed by atoms with Crippen LogP contribution in [0, 0.1) is 11.8 Å². The highest BCUT2D eigenvalue weighted by molar-refractivity contribution is 5.94. The summed E-state index contributed by atoms with van der Waals surface area (Å²) in [6.07, 6.45) is 0.262. The Kier molecular flexibility index (Phi) is 5.12. The number of hydrogen-bond donors (Lipinski definition) is 2. The van der Waals surface area contributed by atoms with Gasteiger partial charge in [0.25, 0.3) is 0 Å². The van der Waals surface area contributed by atoms with E-state index < -0.39 is 11.9 Å². The topological polar surface area (TPSA) is 86.7 Å². The van der Waals surface area contributed by atoms with Gasteiger partial charge in [0, 0.05) is 25.9 Å². The number of rotatable bonds is 4. The maximum atomic E-state index is 11.7. The largest absolute Gasteiger partial charge is 0.481 e. The fraction of sp³-hybridized carbons (Fsp3) is 0.750. The van der Waals surface area contributed by atoms with Crippen LogP contribution >= 0.6 is 0 Å². The first-order valence-corrected chi connectivity index (χ1v) is 6.20. The Morgan fingerprint density at radius 3 is 2.22 bits per heavy atom. The molecule has 1 saturated heterocycles. The predicted octanol–water partition coefficient (Wildman–Crippen LogP) is 1.07. The molecule has 0 saturated carbocycles. The fourth-order valence-corrected chi connectivity index (χ4v) is 1.96. The minimum Gasteiger partial charge on any atom is -0.481 e. The van der Waals surface area contributed by atoms with Gasteiger partial charge in [-0.25, -0.2) is 4.79 Å². The van der Waals surface area contributed by atoms with E-state index in [9.17, 15) is 14.4 Å². The van der Waals surface area contributed by atoms with Gasteiger partial charge in [-0.3, -0.25) is 14.9 Å². The number of urea groups is 1. The summed E-state index contributed by atoms with van der Waals surface area (Å²) in [4.78, 5) is 35.0. The maximum absolute atomic E-state index is 11.7. The van der Waals surface area contributed by atoms with Gasteiger partial charge in [0.05, 0.1) is 0 Å². The summed E-state index contributed by atoms with van der Waals surface area (Å²) in [5.74, 6) is -0.458. The van der Waals surface area contributed by atoms with Crippen molar-refractivity contribution in [2.75, 3.05) is 13.1 Å². The summed E-state index contributed by atoms with van der Waals surface area (Å²) in [6.45, 7) is 5.48. The molecular weight excluding hydrogens is 236 g/mol. The molecule has 1 heterocycles. The van der Waals surface area contributed by atoms with Gasteiger partial charge < -0.3 is 10.0 Å². The molecule has 0 spiro atoms. The van der Waals surface area contributed by atoms with Crippen LogP contribution in [-0.4, -0.2) is 41.0 Å². The lowest BCUT2D eigenvalue weighted by Gasteiger charge is -2.16. The van der Waals surface area contributed by atoms with Crippen LogP contribution in [0.3, 0.4) is 0 Å². The van der Waals surface area contributed by atoms with E-state index in [0.29, 0.717) is 24.9 Å². The second-order valence-electron chi connectivity index (χ2n) is 4.96. The van der Waals surface area contributed by atoms with Gasteiger partial charge in [0.1, 0.15) is 0 Å². The van der Waals surface area contributed by atoms with Crippen molar-refractivity contribution in [3.63, 3.8) is 0 Å². The lowest BCUT2D eigenvalue weighted by Crippen LogP contribution is -2.41. The zero-order valence-electron chi connectivity index (χ0n) is 10.8. The Balaban J connectivity index is 2.27. The molecule has 0 aromatic heterocycles. The second-order valence-corrected chi connectivity index (χ2v) is 4.96. The average Bonchev–Trinajstić information content (AvgIpc) is 2.58. The molecule has 0 bridgehead atoms. The van der Waals surface area contributed by atoms with Gasteiger partial charge in [0.15, 0.2) is 0 Å². The molecule has 1 fully saturated rings. The van der Waals surface area contributed by atoms with Crippen molar-refractivity contribution in [1.82, 2.24) is 10.2 Å². The van der Waals surface area contributed by atoms with E-state index in [-0.39, 0.29) is 25.3 Å². The first-order chi connectivity index (χ1) is 8.40. The number of nitrogens with zero attached hydrogens (tertiary/aromatic N) is 1. The van der Waals surface area contributed by atoms with Crippen LogP contribution in [0.1, 0.15) is 33.1 Å². The summed E-state index contributed by atoms with van der Waals surface area (Å²) < 4.78 is 0. The van der Waals surface area contributed by atoms with E-state index in [1.165, 1.54) is 0 Å². The van der Waals surface area contributed by atoms with Crippen molar-refractivity contribution >= 4 is 17.9 Å². The molecule has 0 aromatic carbocycles. The van der Waals surface area contributed by atoms with Crippen LogP contribution in [-0.2, 0) is 9.59 Å². The zero-order chi connectivity index (χ0) is 13.7. The number of carboxylic acid groups (broad SMARTS) is 1. The van der Waals surface area contributed by atoms with Crippen LogP contribution < -0.4 is 5.32 Å². The van der Waals surface area contributed by atoms with Crippen molar-refractivity contribution in [3.8, 4) is 0 Å². The normalized spacial score (nSPS) is 22.9. The summed E-state index contributed by atoms with van der Waals surface area (Å²) in [7, 11) is 0. The van der Waals surface area contributed by atoms with Crippen LogP contribution in [0.5, 0.6) is 0 Å². The van der Waals surface area contributed by atoms with Crippen molar-refractivity contribution in [2.24, 2.45) is 11.8 Å². The first-order valence-electron chi connectivity index (χ1n) is 6.20.